The normalized spacial score (nSPS) is 10.3. The van der Waals surface area contributed by atoms with Gasteiger partial charge in [0.25, 0.3) is 5.91 Å². The summed E-state index contributed by atoms with van der Waals surface area (Å²) in [4.78, 5) is 22.4. The zero-order valence-corrected chi connectivity index (χ0v) is 15.1. The Morgan fingerprint density at radius 2 is 1.81 bits per heavy atom. The molecule has 2 rings (SSSR count). The van der Waals surface area contributed by atoms with Crippen molar-refractivity contribution in [2.45, 2.75) is 6.61 Å². The first-order valence-electron chi connectivity index (χ1n) is 7.39. The van der Waals surface area contributed by atoms with Crippen molar-refractivity contribution in [1.82, 2.24) is 5.32 Å². The molecule has 1 amide bonds. The molecule has 0 radical (unpaired) electrons. The third-order valence-corrected chi connectivity index (χ3v) is 3.85. The highest BCUT2D eigenvalue weighted by Crippen LogP contribution is 2.35. The van der Waals surface area contributed by atoms with Crippen LogP contribution in [0.15, 0.2) is 30.3 Å². The van der Waals surface area contributed by atoms with Gasteiger partial charge in [0.2, 0.25) is 0 Å². The lowest BCUT2D eigenvalue weighted by atomic mass is 10.2. The van der Waals surface area contributed by atoms with E-state index in [1.165, 1.54) is 24.3 Å². The number of carboxylic acid groups (broad SMARTS) is 1. The summed E-state index contributed by atoms with van der Waals surface area (Å²) in [6.07, 6.45) is 0. The Hall–Kier alpha value is -2.51. The minimum absolute atomic E-state index is 0.0104. The molecular formula is C17H15Cl2FN2O4. The van der Waals surface area contributed by atoms with E-state index >= 15 is 0 Å². The second-order valence-electron chi connectivity index (χ2n) is 5.23. The number of amides is 1. The predicted molar refractivity (Wildman–Crippen MR) is 96.7 cm³/mol. The zero-order chi connectivity index (χ0) is 19.3. The molecule has 6 nitrogen and oxygen atoms in total. The molecule has 138 valence electrons. The second kappa shape index (κ2) is 8.73. The molecule has 0 bridgehead atoms. The molecule has 0 saturated carbocycles. The summed E-state index contributed by atoms with van der Waals surface area (Å²) in [6.45, 7) is -0.518. The van der Waals surface area contributed by atoms with Crippen LogP contribution in [0.5, 0.6) is 5.75 Å². The first-order chi connectivity index (χ1) is 12.3. The molecule has 0 aliphatic heterocycles. The molecule has 0 atom stereocenters. The largest absolute Gasteiger partial charge is 0.486 e. The Bertz CT molecular complexity index is 823. The quantitative estimate of drug-likeness (QED) is 0.661. The Kier molecular flexibility index (Phi) is 6.65. The Labute approximate surface area is 158 Å². The minimum atomic E-state index is -1.17. The van der Waals surface area contributed by atoms with Crippen LogP contribution in [0.3, 0.4) is 0 Å². The summed E-state index contributed by atoms with van der Waals surface area (Å²) < 4.78 is 19.1. The molecule has 0 spiro atoms. The Morgan fingerprint density at radius 3 is 2.38 bits per heavy atom. The SMILES string of the molecule is CNc1cc(F)cc(COc2c(Cl)cc(C(=O)NCC(=O)O)cc2Cl)c1. The Morgan fingerprint density at radius 1 is 1.15 bits per heavy atom. The van der Waals surface area contributed by atoms with Crippen LogP contribution in [0, 0.1) is 5.82 Å². The van der Waals surface area contributed by atoms with E-state index in [1.54, 1.807) is 13.1 Å². The number of hydrogen-bond donors (Lipinski definition) is 3. The lowest BCUT2D eigenvalue weighted by Gasteiger charge is -2.13. The van der Waals surface area contributed by atoms with Crippen molar-refractivity contribution in [2.24, 2.45) is 0 Å². The molecule has 26 heavy (non-hydrogen) atoms. The number of ether oxygens (including phenoxy) is 1. The van der Waals surface area contributed by atoms with Crippen molar-refractivity contribution >= 4 is 40.8 Å². The third kappa shape index (κ3) is 5.24. The minimum Gasteiger partial charge on any atom is -0.486 e. The third-order valence-electron chi connectivity index (χ3n) is 3.29. The van der Waals surface area contributed by atoms with Gasteiger partial charge in [-0.25, -0.2) is 4.39 Å². The van der Waals surface area contributed by atoms with Crippen molar-refractivity contribution in [2.75, 3.05) is 18.9 Å². The molecule has 0 saturated heterocycles. The van der Waals surface area contributed by atoms with E-state index in [1.807, 2.05) is 0 Å². The van der Waals surface area contributed by atoms with Gasteiger partial charge in [0.15, 0.2) is 5.75 Å². The van der Waals surface area contributed by atoms with Gasteiger partial charge in [-0.3, -0.25) is 9.59 Å². The predicted octanol–water partition coefficient (Wildman–Crippen LogP) is 3.57. The summed E-state index contributed by atoms with van der Waals surface area (Å²) in [5, 5.41) is 13.8. The summed E-state index contributed by atoms with van der Waals surface area (Å²) in [5.41, 5.74) is 1.24. The smallest absolute Gasteiger partial charge is 0.322 e. The summed E-state index contributed by atoms with van der Waals surface area (Å²) in [5.74, 6) is -2.09. The molecule has 0 aliphatic carbocycles. The highest BCUT2D eigenvalue weighted by Gasteiger charge is 2.15. The highest BCUT2D eigenvalue weighted by molar-refractivity contribution is 6.37. The van der Waals surface area contributed by atoms with Crippen LogP contribution in [-0.4, -0.2) is 30.6 Å². The molecule has 9 heteroatoms. The van der Waals surface area contributed by atoms with Crippen LogP contribution in [0.1, 0.15) is 15.9 Å². The van der Waals surface area contributed by atoms with Crippen LogP contribution < -0.4 is 15.4 Å². The van der Waals surface area contributed by atoms with E-state index in [2.05, 4.69) is 10.6 Å². The second-order valence-corrected chi connectivity index (χ2v) is 6.05. The van der Waals surface area contributed by atoms with Crippen LogP contribution in [0.4, 0.5) is 10.1 Å². The van der Waals surface area contributed by atoms with Gasteiger partial charge in [0.1, 0.15) is 19.0 Å². The van der Waals surface area contributed by atoms with Crippen molar-refractivity contribution in [3.8, 4) is 5.75 Å². The number of carbonyl (C=O) groups is 2. The highest BCUT2D eigenvalue weighted by atomic mass is 35.5. The lowest BCUT2D eigenvalue weighted by Crippen LogP contribution is -2.29. The zero-order valence-electron chi connectivity index (χ0n) is 13.6. The van der Waals surface area contributed by atoms with Gasteiger partial charge in [-0.05, 0) is 35.9 Å². The van der Waals surface area contributed by atoms with E-state index in [0.29, 0.717) is 11.3 Å². The standard InChI is InChI=1S/C17H15Cl2FN2O4/c1-21-12-3-9(2-11(20)6-12)8-26-16-13(18)4-10(5-14(16)19)17(25)22-7-15(23)24/h2-6,21H,7-8H2,1H3,(H,22,25)(H,23,24). The van der Waals surface area contributed by atoms with Crippen LogP contribution >= 0.6 is 23.2 Å². The van der Waals surface area contributed by atoms with Gasteiger partial charge in [-0.15, -0.1) is 0 Å². The van der Waals surface area contributed by atoms with Gasteiger partial charge < -0.3 is 20.5 Å². The van der Waals surface area contributed by atoms with E-state index < -0.39 is 24.2 Å². The van der Waals surface area contributed by atoms with Gasteiger partial charge >= 0.3 is 5.97 Å². The molecule has 0 aromatic heterocycles. The van der Waals surface area contributed by atoms with E-state index in [4.69, 9.17) is 33.0 Å². The van der Waals surface area contributed by atoms with Crippen molar-refractivity contribution < 1.29 is 23.8 Å². The Balaban J connectivity index is 2.14. The van der Waals surface area contributed by atoms with Gasteiger partial charge in [-0.1, -0.05) is 23.2 Å². The molecule has 3 N–H and O–H groups in total. The number of nitrogens with one attached hydrogen (secondary N) is 2. The fourth-order valence-electron chi connectivity index (χ4n) is 2.12. The van der Waals surface area contributed by atoms with E-state index in [-0.39, 0.29) is 28.0 Å². The number of anilines is 1. The maximum absolute atomic E-state index is 13.5. The fraction of sp³-hybridized carbons (Fsp3) is 0.176. The van der Waals surface area contributed by atoms with E-state index in [9.17, 15) is 14.0 Å². The molecular weight excluding hydrogens is 386 g/mol. The number of hydrogen-bond acceptors (Lipinski definition) is 4. The summed E-state index contributed by atoms with van der Waals surface area (Å²) in [6, 6.07) is 6.98. The van der Waals surface area contributed by atoms with Gasteiger partial charge in [0, 0.05) is 18.3 Å². The average Bonchev–Trinajstić information content (AvgIpc) is 2.58. The maximum atomic E-state index is 13.5. The number of aliphatic carboxylic acids is 1. The number of benzene rings is 2. The average molecular weight is 401 g/mol. The molecule has 0 aliphatic rings. The van der Waals surface area contributed by atoms with Crippen molar-refractivity contribution in [3.05, 3.63) is 57.3 Å². The molecule has 2 aromatic rings. The van der Waals surface area contributed by atoms with Crippen molar-refractivity contribution in [3.63, 3.8) is 0 Å². The summed E-state index contributed by atoms with van der Waals surface area (Å²) in [7, 11) is 1.67. The van der Waals surface area contributed by atoms with Gasteiger partial charge in [0.05, 0.1) is 10.0 Å². The molecule has 0 fully saturated rings. The van der Waals surface area contributed by atoms with Crippen molar-refractivity contribution in [1.29, 1.82) is 0 Å². The fourth-order valence-corrected chi connectivity index (χ4v) is 2.72. The van der Waals surface area contributed by atoms with Crippen LogP contribution in [0.25, 0.3) is 0 Å². The van der Waals surface area contributed by atoms with Crippen LogP contribution in [0.2, 0.25) is 10.0 Å². The lowest BCUT2D eigenvalue weighted by molar-refractivity contribution is -0.135. The molecule has 0 unspecified atom stereocenters. The van der Waals surface area contributed by atoms with Gasteiger partial charge in [-0.2, -0.15) is 0 Å². The monoisotopic (exact) mass is 400 g/mol. The summed E-state index contributed by atoms with van der Waals surface area (Å²) >= 11 is 12.2. The number of halogens is 3. The number of carboxylic acids is 1. The number of carbonyl (C=O) groups excluding carboxylic acids is 1. The van der Waals surface area contributed by atoms with E-state index in [0.717, 1.165) is 0 Å². The molecule has 2 aromatic carbocycles. The first-order valence-corrected chi connectivity index (χ1v) is 8.14. The number of rotatable bonds is 7. The molecule has 0 heterocycles. The van der Waals surface area contributed by atoms with Crippen LogP contribution in [-0.2, 0) is 11.4 Å². The first kappa shape index (κ1) is 19.8. The topological polar surface area (TPSA) is 87.7 Å². The maximum Gasteiger partial charge on any atom is 0.322 e.